The molecular weight excluding hydrogens is 263 g/mol. The van der Waals surface area contributed by atoms with Crippen LogP contribution in [0.15, 0.2) is 24.3 Å². The monoisotopic (exact) mass is 275 g/mol. The third-order valence-electron chi connectivity index (χ3n) is 2.90. The lowest BCUT2D eigenvalue weighted by molar-refractivity contribution is -0.275. The first-order chi connectivity index (χ1) is 8.85. The highest BCUT2D eigenvalue weighted by molar-refractivity contribution is 5.71. The lowest BCUT2D eigenvalue weighted by atomic mass is 9.99. The van der Waals surface area contributed by atoms with E-state index in [-0.39, 0.29) is 12.3 Å². The molecular formula is C12H12F3NO3. The van der Waals surface area contributed by atoms with E-state index in [0.717, 1.165) is 0 Å². The number of carboxylic acid groups (broad SMARTS) is 1. The van der Waals surface area contributed by atoms with Crippen molar-refractivity contribution in [3.05, 3.63) is 29.8 Å². The molecule has 0 radical (unpaired) electrons. The second-order valence-corrected chi connectivity index (χ2v) is 4.38. The summed E-state index contributed by atoms with van der Waals surface area (Å²) < 4.78 is 40.6. The summed E-state index contributed by atoms with van der Waals surface area (Å²) in [5, 5.41) is 8.72. The molecule has 1 N–H and O–H groups in total. The van der Waals surface area contributed by atoms with Crippen LogP contribution in [-0.4, -0.2) is 35.4 Å². The number of aliphatic carboxylic acids is 1. The van der Waals surface area contributed by atoms with Crippen LogP contribution in [0.4, 0.5) is 13.2 Å². The molecule has 0 aliphatic carbocycles. The third kappa shape index (κ3) is 3.60. The standard InChI is InChI=1S/C12H12F3NO3/c13-12(14,15)19-10-4-2-1-3-8(10)5-16-6-9(7-16)11(17)18/h1-4,9H,5-7H2,(H,17,18). The topological polar surface area (TPSA) is 49.8 Å². The van der Waals surface area contributed by atoms with E-state index in [4.69, 9.17) is 5.11 Å². The first-order valence-corrected chi connectivity index (χ1v) is 5.64. The maximum Gasteiger partial charge on any atom is 0.573 e. The molecule has 1 aliphatic rings. The maximum atomic E-state index is 12.2. The zero-order valence-electron chi connectivity index (χ0n) is 9.85. The fraction of sp³-hybridized carbons (Fsp3) is 0.417. The van der Waals surface area contributed by atoms with E-state index >= 15 is 0 Å². The Morgan fingerprint density at radius 3 is 2.58 bits per heavy atom. The minimum atomic E-state index is -4.73. The fourth-order valence-corrected chi connectivity index (χ4v) is 1.95. The minimum absolute atomic E-state index is 0.242. The summed E-state index contributed by atoms with van der Waals surface area (Å²) in [4.78, 5) is 12.4. The first-order valence-electron chi connectivity index (χ1n) is 5.64. The number of alkyl halides is 3. The van der Waals surface area contributed by atoms with Gasteiger partial charge in [0, 0.05) is 25.2 Å². The summed E-state index contributed by atoms with van der Waals surface area (Å²) in [6.45, 7) is 0.932. The van der Waals surface area contributed by atoms with Crippen LogP contribution in [0.1, 0.15) is 5.56 Å². The van der Waals surface area contributed by atoms with Crippen molar-refractivity contribution in [1.29, 1.82) is 0 Å². The Balaban J connectivity index is 1.99. The molecule has 19 heavy (non-hydrogen) atoms. The molecule has 0 atom stereocenters. The summed E-state index contributed by atoms with van der Waals surface area (Å²) >= 11 is 0. The van der Waals surface area contributed by atoms with Crippen molar-refractivity contribution < 1.29 is 27.8 Å². The van der Waals surface area contributed by atoms with E-state index in [1.807, 2.05) is 0 Å². The van der Waals surface area contributed by atoms with E-state index in [1.54, 1.807) is 11.0 Å². The van der Waals surface area contributed by atoms with Crippen LogP contribution in [0.2, 0.25) is 0 Å². The molecule has 1 fully saturated rings. The molecule has 1 saturated heterocycles. The van der Waals surface area contributed by atoms with Gasteiger partial charge >= 0.3 is 12.3 Å². The van der Waals surface area contributed by atoms with E-state index in [9.17, 15) is 18.0 Å². The Labute approximate surface area is 107 Å². The molecule has 0 amide bonds. The molecule has 0 unspecified atom stereocenters. The molecule has 1 aromatic rings. The average Bonchev–Trinajstić information content (AvgIpc) is 2.22. The number of rotatable bonds is 4. The van der Waals surface area contributed by atoms with Gasteiger partial charge in [0.2, 0.25) is 0 Å². The lowest BCUT2D eigenvalue weighted by Crippen LogP contribution is -2.49. The number of nitrogens with zero attached hydrogens (tertiary/aromatic N) is 1. The Bertz CT molecular complexity index is 470. The molecule has 0 spiro atoms. The predicted octanol–water partition coefficient (Wildman–Crippen LogP) is 2.10. The van der Waals surface area contributed by atoms with Gasteiger partial charge in [-0.05, 0) is 6.07 Å². The normalized spacial score (nSPS) is 17.0. The van der Waals surface area contributed by atoms with Crippen LogP contribution in [-0.2, 0) is 11.3 Å². The van der Waals surface area contributed by atoms with Crippen LogP contribution < -0.4 is 4.74 Å². The Hall–Kier alpha value is -1.76. The number of benzene rings is 1. The van der Waals surface area contributed by atoms with Gasteiger partial charge in [-0.3, -0.25) is 9.69 Å². The number of ether oxygens (including phenoxy) is 1. The molecule has 0 saturated carbocycles. The van der Waals surface area contributed by atoms with Crippen molar-refractivity contribution >= 4 is 5.97 Å². The zero-order chi connectivity index (χ0) is 14.0. The van der Waals surface area contributed by atoms with Crippen LogP contribution >= 0.6 is 0 Å². The number of hydrogen-bond acceptors (Lipinski definition) is 3. The average molecular weight is 275 g/mol. The summed E-state index contributed by atoms with van der Waals surface area (Å²) in [6.07, 6.45) is -4.73. The van der Waals surface area contributed by atoms with Crippen molar-refractivity contribution in [2.45, 2.75) is 12.9 Å². The SMILES string of the molecule is O=C(O)C1CN(Cc2ccccc2OC(F)(F)F)C1. The number of likely N-dealkylation sites (tertiary alicyclic amines) is 1. The minimum Gasteiger partial charge on any atom is -0.481 e. The Morgan fingerprint density at radius 1 is 1.37 bits per heavy atom. The van der Waals surface area contributed by atoms with Gasteiger partial charge in [-0.15, -0.1) is 13.2 Å². The van der Waals surface area contributed by atoms with Gasteiger partial charge in [0.1, 0.15) is 5.75 Å². The molecule has 1 aromatic carbocycles. The Morgan fingerprint density at radius 2 is 2.00 bits per heavy atom. The first kappa shape index (κ1) is 13.7. The molecule has 7 heteroatoms. The van der Waals surface area contributed by atoms with Gasteiger partial charge in [0.15, 0.2) is 0 Å². The largest absolute Gasteiger partial charge is 0.573 e. The van der Waals surface area contributed by atoms with Gasteiger partial charge in [0.25, 0.3) is 0 Å². The number of para-hydroxylation sites is 1. The van der Waals surface area contributed by atoms with E-state index in [1.165, 1.54) is 18.2 Å². The van der Waals surface area contributed by atoms with Crippen molar-refractivity contribution in [2.75, 3.05) is 13.1 Å². The van der Waals surface area contributed by atoms with Gasteiger partial charge in [-0.25, -0.2) is 0 Å². The molecule has 1 heterocycles. The highest BCUT2D eigenvalue weighted by Gasteiger charge is 2.34. The van der Waals surface area contributed by atoms with Crippen molar-refractivity contribution in [3.63, 3.8) is 0 Å². The van der Waals surface area contributed by atoms with Gasteiger partial charge in [-0.1, -0.05) is 18.2 Å². The third-order valence-corrected chi connectivity index (χ3v) is 2.90. The van der Waals surface area contributed by atoms with Crippen LogP contribution in [0, 0.1) is 5.92 Å². The smallest absolute Gasteiger partial charge is 0.481 e. The second-order valence-electron chi connectivity index (χ2n) is 4.38. The molecule has 0 bridgehead atoms. The maximum absolute atomic E-state index is 12.2. The zero-order valence-corrected chi connectivity index (χ0v) is 9.85. The molecule has 4 nitrogen and oxygen atoms in total. The molecule has 0 aromatic heterocycles. The summed E-state index contributed by atoms with van der Waals surface area (Å²) in [6, 6.07) is 5.86. The Kier molecular flexibility index (Phi) is 3.66. The number of carbonyl (C=O) groups is 1. The lowest BCUT2D eigenvalue weighted by Gasteiger charge is -2.36. The van der Waals surface area contributed by atoms with Crippen molar-refractivity contribution in [1.82, 2.24) is 4.90 Å². The highest BCUT2D eigenvalue weighted by Crippen LogP contribution is 2.28. The molecule has 104 valence electrons. The fourth-order valence-electron chi connectivity index (χ4n) is 1.95. The van der Waals surface area contributed by atoms with E-state index in [0.29, 0.717) is 18.7 Å². The van der Waals surface area contributed by atoms with Crippen LogP contribution in [0.5, 0.6) is 5.75 Å². The molecule has 1 aliphatic heterocycles. The van der Waals surface area contributed by atoms with Gasteiger partial charge in [-0.2, -0.15) is 0 Å². The predicted molar refractivity (Wildman–Crippen MR) is 59.5 cm³/mol. The van der Waals surface area contributed by atoms with Gasteiger partial charge in [0.05, 0.1) is 5.92 Å². The second kappa shape index (κ2) is 5.08. The number of halogens is 3. The summed E-state index contributed by atoms with van der Waals surface area (Å²) in [7, 11) is 0. The van der Waals surface area contributed by atoms with E-state index in [2.05, 4.69) is 4.74 Å². The van der Waals surface area contributed by atoms with E-state index < -0.39 is 18.2 Å². The summed E-state index contributed by atoms with van der Waals surface area (Å²) in [5.41, 5.74) is 0.392. The van der Waals surface area contributed by atoms with Crippen molar-refractivity contribution in [3.8, 4) is 5.75 Å². The molecule has 2 rings (SSSR count). The number of hydrogen-bond donors (Lipinski definition) is 1. The van der Waals surface area contributed by atoms with Crippen LogP contribution in [0.25, 0.3) is 0 Å². The number of carboxylic acids is 1. The summed E-state index contributed by atoms with van der Waals surface area (Å²) in [5.74, 6) is -1.56. The van der Waals surface area contributed by atoms with Crippen molar-refractivity contribution in [2.24, 2.45) is 5.92 Å². The highest BCUT2D eigenvalue weighted by atomic mass is 19.4. The van der Waals surface area contributed by atoms with Crippen LogP contribution in [0.3, 0.4) is 0 Å². The van der Waals surface area contributed by atoms with Gasteiger partial charge < -0.3 is 9.84 Å². The quantitative estimate of drug-likeness (QED) is 0.914.